The predicted octanol–water partition coefficient (Wildman–Crippen LogP) is 4.35. The summed E-state index contributed by atoms with van der Waals surface area (Å²) in [7, 11) is 4.56. The lowest BCUT2D eigenvalue weighted by molar-refractivity contribution is -0.114. The lowest BCUT2D eigenvalue weighted by Crippen LogP contribution is -2.13. The smallest absolute Gasteiger partial charge is 0.250 e. The number of nitrogens with zero attached hydrogens (tertiary/aromatic N) is 2. The minimum Gasteiger partial charge on any atom is -0.494 e. The second kappa shape index (κ2) is 13.4. The fraction of sp³-hybridized carbons (Fsp3) is 0.250. The molecule has 3 rings (SSSR count). The van der Waals surface area contributed by atoms with Crippen molar-refractivity contribution in [1.82, 2.24) is 10.2 Å². The zero-order chi connectivity index (χ0) is 25.9. The van der Waals surface area contributed by atoms with Crippen LogP contribution >= 0.6 is 23.1 Å². The zero-order valence-electron chi connectivity index (χ0n) is 20.2. The highest BCUT2D eigenvalue weighted by Crippen LogP contribution is 2.38. The third-order valence-corrected chi connectivity index (χ3v) is 6.50. The van der Waals surface area contributed by atoms with E-state index in [1.54, 1.807) is 42.5 Å². The zero-order valence-corrected chi connectivity index (χ0v) is 21.8. The summed E-state index contributed by atoms with van der Waals surface area (Å²) in [5, 5.41) is 13.8. The van der Waals surface area contributed by atoms with Crippen molar-refractivity contribution in [2.24, 2.45) is 0 Å². The topological polar surface area (TPSA) is 121 Å². The number of benzene rings is 2. The van der Waals surface area contributed by atoms with Gasteiger partial charge < -0.3 is 24.3 Å². The number of aromatic nitrogens is 2. The Labute approximate surface area is 217 Å². The Bertz CT molecular complexity index is 1190. The molecule has 0 atom stereocenters. The van der Waals surface area contributed by atoms with Crippen LogP contribution in [0.3, 0.4) is 0 Å². The molecule has 0 spiro atoms. The van der Waals surface area contributed by atoms with Gasteiger partial charge in [0.05, 0.1) is 33.7 Å². The molecule has 3 aromatic rings. The van der Waals surface area contributed by atoms with E-state index in [-0.39, 0.29) is 17.6 Å². The van der Waals surface area contributed by atoms with E-state index < -0.39 is 0 Å². The lowest BCUT2D eigenvalue weighted by Gasteiger charge is -2.12. The number of methoxy groups -OCH3 is 3. The molecule has 1 aromatic heterocycles. The van der Waals surface area contributed by atoms with E-state index in [4.69, 9.17) is 18.9 Å². The van der Waals surface area contributed by atoms with Crippen molar-refractivity contribution in [3.63, 3.8) is 0 Å². The lowest BCUT2D eigenvalue weighted by atomic mass is 10.1. The maximum atomic E-state index is 12.3. The number of carbonyl (C=O) groups is 2. The summed E-state index contributed by atoms with van der Waals surface area (Å²) in [5.74, 6) is 1.75. The molecule has 2 N–H and O–H groups in total. The Morgan fingerprint density at radius 3 is 2.31 bits per heavy atom. The molecule has 0 aliphatic rings. The molecular weight excluding hydrogens is 504 g/mol. The predicted molar refractivity (Wildman–Crippen MR) is 141 cm³/mol. The van der Waals surface area contributed by atoms with Gasteiger partial charge in [-0.3, -0.25) is 14.9 Å². The van der Waals surface area contributed by atoms with Crippen LogP contribution in [-0.4, -0.2) is 55.7 Å². The normalized spacial score (nSPS) is 10.7. The van der Waals surface area contributed by atoms with Gasteiger partial charge in [-0.2, -0.15) is 0 Å². The second-order valence-corrected chi connectivity index (χ2v) is 9.15. The van der Waals surface area contributed by atoms with Crippen molar-refractivity contribution in [1.29, 1.82) is 0 Å². The molecular formula is C24H26N4O6S2. The van der Waals surface area contributed by atoms with Crippen LogP contribution in [0.4, 0.5) is 10.8 Å². The van der Waals surface area contributed by atoms with Crippen LogP contribution in [0.2, 0.25) is 0 Å². The van der Waals surface area contributed by atoms with Crippen LogP contribution in [0, 0.1) is 0 Å². The average Bonchev–Trinajstić information content (AvgIpc) is 3.33. The van der Waals surface area contributed by atoms with Crippen LogP contribution < -0.4 is 29.6 Å². The van der Waals surface area contributed by atoms with Crippen LogP contribution in [0.25, 0.3) is 6.08 Å². The van der Waals surface area contributed by atoms with E-state index in [0.29, 0.717) is 44.6 Å². The largest absolute Gasteiger partial charge is 0.494 e. The molecule has 0 fully saturated rings. The van der Waals surface area contributed by atoms with Gasteiger partial charge in [-0.25, -0.2) is 0 Å². The van der Waals surface area contributed by atoms with Gasteiger partial charge in [0.1, 0.15) is 5.75 Å². The number of rotatable bonds is 12. The van der Waals surface area contributed by atoms with Gasteiger partial charge >= 0.3 is 0 Å². The van der Waals surface area contributed by atoms with Crippen LogP contribution in [-0.2, 0) is 9.59 Å². The molecule has 12 heteroatoms. The summed E-state index contributed by atoms with van der Waals surface area (Å²) in [4.78, 5) is 24.6. The molecule has 0 radical (unpaired) electrons. The van der Waals surface area contributed by atoms with Gasteiger partial charge in [0.15, 0.2) is 15.8 Å². The first-order valence-corrected chi connectivity index (χ1v) is 12.5. The Morgan fingerprint density at radius 1 is 1.00 bits per heavy atom. The summed E-state index contributed by atoms with van der Waals surface area (Å²) in [6, 6.07) is 10.6. The molecule has 10 nitrogen and oxygen atoms in total. The SMILES string of the molecule is CCOc1ccc(NC(=O)CSc2nnc(NC(=O)/C=C/c3cc(OC)c(OC)c(OC)c3)s2)cc1. The van der Waals surface area contributed by atoms with Crippen LogP contribution in [0.5, 0.6) is 23.0 Å². The number of amides is 2. The van der Waals surface area contributed by atoms with Gasteiger partial charge in [-0.15, -0.1) is 10.2 Å². The van der Waals surface area contributed by atoms with Gasteiger partial charge in [0.25, 0.3) is 0 Å². The van der Waals surface area contributed by atoms with E-state index in [2.05, 4.69) is 20.8 Å². The maximum absolute atomic E-state index is 12.3. The highest BCUT2D eigenvalue weighted by molar-refractivity contribution is 8.01. The van der Waals surface area contributed by atoms with Crippen molar-refractivity contribution < 1.29 is 28.5 Å². The fourth-order valence-corrected chi connectivity index (χ4v) is 4.52. The Balaban J connectivity index is 1.51. The number of anilines is 2. The minimum absolute atomic E-state index is 0.150. The molecule has 0 bridgehead atoms. The number of hydrogen-bond donors (Lipinski definition) is 2. The van der Waals surface area contributed by atoms with E-state index in [1.807, 2.05) is 6.92 Å². The van der Waals surface area contributed by atoms with E-state index in [9.17, 15) is 9.59 Å². The second-order valence-electron chi connectivity index (χ2n) is 6.95. The van der Waals surface area contributed by atoms with Gasteiger partial charge in [-0.05, 0) is 55.0 Å². The third-order valence-electron chi connectivity index (χ3n) is 4.53. The molecule has 0 unspecified atom stereocenters. The molecule has 2 amide bonds. The molecule has 190 valence electrons. The van der Waals surface area contributed by atoms with Gasteiger partial charge in [0, 0.05) is 11.8 Å². The van der Waals surface area contributed by atoms with E-state index >= 15 is 0 Å². The number of nitrogens with one attached hydrogen (secondary N) is 2. The van der Waals surface area contributed by atoms with E-state index in [0.717, 1.165) is 5.75 Å². The van der Waals surface area contributed by atoms with Crippen LogP contribution in [0.15, 0.2) is 46.8 Å². The van der Waals surface area contributed by atoms with Crippen molar-refractivity contribution in [2.45, 2.75) is 11.3 Å². The Kier molecular flexibility index (Phi) is 9.95. The number of thioether (sulfide) groups is 1. The summed E-state index contributed by atoms with van der Waals surface area (Å²) < 4.78 is 21.9. The van der Waals surface area contributed by atoms with Gasteiger partial charge in [0.2, 0.25) is 22.7 Å². The molecule has 36 heavy (non-hydrogen) atoms. The van der Waals surface area contributed by atoms with Crippen molar-refractivity contribution in [2.75, 3.05) is 44.3 Å². The minimum atomic E-state index is -0.385. The van der Waals surface area contributed by atoms with Crippen molar-refractivity contribution in [3.05, 3.63) is 48.0 Å². The number of carbonyl (C=O) groups excluding carboxylic acids is 2. The van der Waals surface area contributed by atoms with Crippen molar-refractivity contribution >= 4 is 51.8 Å². The summed E-state index contributed by atoms with van der Waals surface area (Å²) in [5.41, 5.74) is 1.36. The fourth-order valence-electron chi connectivity index (χ4n) is 2.96. The highest BCUT2D eigenvalue weighted by Gasteiger charge is 2.13. The van der Waals surface area contributed by atoms with E-state index in [1.165, 1.54) is 50.5 Å². The standard InChI is InChI=1S/C24H26N4O6S2/c1-5-34-17-9-7-16(8-10-17)25-21(30)14-35-24-28-27-23(36-24)26-20(29)11-6-15-12-18(31-2)22(33-4)19(13-15)32-3/h6-13H,5,14H2,1-4H3,(H,25,30)(H,26,27,29)/b11-6+. The average molecular weight is 531 g/mol. The Morgan fingerprint density at radius 2 is 1.69 bits per heavy atom. The number of ether oxygens (including phenoxy) is 4. The monoisotopic (exact) mass is 530 g/mol. The van der Waals surface area contributed by atoms with Crippen LogP contribution in [0.1, 0.15) is 12.5 Å². The molecule has 1 heterocycles. The highest BCUT2D eigenvalue weighted by atomic mass is 32.2. The van der Waals surface area contributed by atoms with Crippen molar-refractivity contribution in [3.8, 4) is 23.0 Å². The third kappa shape index (κ3) is 7.62. The first-order valence-electron chi connectivity index (χ1n) is 10.7. The first kappa shape index (κ1) is 26.8. The Hall–Kier alpha value is -3.77. The molecule has 0 aliphatic carbocycles. The molecule has 0 aliphatic heterocycles. The quantitative estimate of drug-likeness (QED) is 0.200. The molecule has 2 aromatic carbocycles. The first-order chi connectivity index (χ1) is 17.4. The maximum Gasteiger partial charge on any atom is 0.250 e. The van der Waals surface area contributed by atoms with Gasteiger partial charge in [-0.1, -0.05) is 23.1 Å². The molecule has 0 saturated carbocycles. The number of hydrogen-bond acceptors (Lipinski definition) is 10. The summed E-state index contributed by atoms with van der Waals surface area (Å²) in [6.07, 6.45) is 2.97. The summed E-state index contributed by atoms with van der Waals surface area (Å²) >= 11 is 2.41. The summed E-state index contributed by atoms with van der Waals surface area (Å²) in [6.45, 7) is 2.49. The molecule has 0 saturated heterocycles.